The zero-order valence-corrected chi connectivity index (χ0v) is 15.8. The predicted molar refractivity (Wildman–Crippen MR) is 99.1 cm³/mol. The highest BCUT2D eigenvalue weighted by atomic mass is 16.5. The topological polar surface area (TPSA) is 49.0 Å². The fourth-order valence-corrected chi connectivity index (χ4v) is 2.81. The summed E-state index contributed by atoms with van der Waals surface area (Å²) >= 11 is 0. The van der Waals surface area contributed by atoms with Gasteiger partial charge in [-0.3, -0.25) is 0 Å². The number of hydrogen-bond donors (Lipinski definition) is 1. The molecule has 0 saturated carbocycles. The molecule has 2 rings (SSSR count). The molecule has 0 spiro atoms. The standard InChI is InChI=1S/C20H27NO4/c1-13(15-7-9-17(22-3)19(11-15)24-5)21-14(2)16-8-10-18(23-4)20(12-16)25-6/h7-14,21H,1-6H3. The summed E-state index contributed by atoms with van der Waals surface area (Å²) in [5.41, 5.74) is 2.26. The van der Waals surface area contributed by atoms with Crippen molar-refractivity contribution >= 4 is 0 Å². The Morgan fingerprint density at radius 3 is 1.28 bits per heavy atom. The van der Waals surface area contributed by atoms with E-state index in [0.717, 1.165) is 34.1 Å². The molecule has 0 aliphatic rings. The Hall–Kier alpha value is -2.40. The van der Waals surface area contributed by atoms with Crippen LogP contribution in [-0.2, 0) is 0 Å². The Bertz CT molecular complexity index is 643. The van der Waals surface area contributed by atoms with Crippen molar-refractivity contribution in [2.45, 2.75) is 25.9 Å². The van der Waals surface area contributed by atoms with Crippen LogP contribution in [0.3, 0.4) is 0 Å². The van der Waals surface area contributed by atoms with Gasteiger partial charge in [0.25, 0.3) is 0 Å². The molecular weight excluding hydrogens is 318 g/mol. The molecule has 2 unspecified atom stereocenters. The van der Waals surface area contributed by atoms with E-state index in [2.05, 4.69) is 19.2 Å². The summed E-state index contributed by atoms with van der Waals surface area (Å²) in [5.74, 6) is 2.91. The van der Waals surface area contributed by atoms with E-state index in [-0.39, 0.29) is 12.1 Å². The van der Waals surface area contributed by atoms with Crippen LogP contribution in [0.25, 0.3) is 0 Å². The minimum atomic E-state index is 0.142. The van der Waals surface area contributed by atoms with E-state index in [1.54, 1.807) is 28.4 Å². The van der Waals surface area contributed by atoms with E-state index >= 15 is 0 Å². The number of hydrogen-bond acceptors (Lipinski definition) is 5. The summed E-state index contributed by atoms with van der Waals surface area (Å²) in [5, 5.41) is 3.60. The van der Waals surface area contributed by atoms with Gasteiger partial charge < -0.3 is 24.3 Å². The molecule has 5 nitrogen and oxygen atoms in total. The molecule has 0 bridgehead atoms. The molecule has 0 aliphatic carbocycles. The normalized spacial score (nSPS) is 13.0. The molecule has 2 aromatic carbocycles. The van der Waals surface area contributed by atoms with Gasteiger partial charge in [-0.05, 0) is 49.2 Å². The molecule has 0 radical (unpaired) electrons. The van der Waals surface area contributed by atoms with E-state index in [1.165, 1.54) is 0 Å². The summed E-state index contributed by atoms with van der Waals surface area (Å²) in [4.78, 5) is 0. The van der Waals surface area contributed by atoms with Gasteiger partial charge in [0.2, 0.25) is 0 Å². The van der Waals surface area contributed by atoms with Crippen molar-refractivity contribution in [1.29, 1.82) is 0 Å². The van der Waals surface area contributed by atoms with Crippen LogP contribution in [0.4, 0.5) is 0 Å². The van der Waals surface area contributed by atoms with Crippen LogP contribution < -0.4 is 24.3 Å². The Balaban J connectivity index is 2.15. The Labute approximate surface area is 149 Å². The van der Waals surface area contributed by atoms with Crippen LogP contribution >= 0.6 is 0 Å². The third-order valence-corrected chi connectivity index (χ3v) is 4.32. The lowest BCUT2D eigenvalue weighted by atomic mass is 10.0. The van der Waals surface area contributed by atoms with Crippen LogP contribution in [0.5, 0.6) is 23.0 Å². The van der Waals surface area contributed by atoms with Crippen LogP contribution in [-0.4, -0.2) is 28.4 Å². The molecule has 0 fully saturated rings. The number of ether oxygens (including phenoxy) is 4. The van der Waals surface area contributed by atoms with Gasteiger partial charge in [-0.2, -0.15) is 0 Å². The SMILES string of the molecule is COc1ccc(C(C)NC(C)c2ccc(OC)c(OC)c2)cc1OC. The maximum absolute atomic E-state index is 5.39. The second kappa shape index (κ2) is 8.62. The van der Waals surface area contributed by atoms with Crippen LogP contribution in [0.2, 0.25) is 0 Å². The number of rotatable bonds is 8. The summed E-state index contributed by atoms with van der Waals surface area (Å²) in [6.45, 7) is 4.25. The zero-order valence-electron chi connectivity index (χ0n) is 15.8. The first-order valence-corrected chi connectivity index (χ1v) is 8.23. The van der Waals surface area contributed by atoms with Gasteiger partial charge in [-0.25, -0.2) is 0 Å². The summed E-state index contributed by atoms with van der Waals surface area (Å²) in [7, 11) is 6.56. The van der Waals surface area contributed by atoms with Crippen LogP contribution in [0.15, 0.2) is 36.4 Å². The first-order valence-electron chi connectivity index (χ1n) is 8.23. The molecule has 0 aliphatic heterocycles. The fraction of sp³-hybridized carbons (Fsp3) is 0.400. The van der Waals surface area contributed by atoms with Gasteiger partial charge in [-0.1, -0.05) is 12.1 Å². The molecule has 136 valence electrons. The number of methoxy groups -OCH3 is 4. The second-order valence-corrected chi connectivity index (χ2v) is 5.84. The molecule has 0 heterocycles. The lowest BCUT2D eigenvalue weighted by Crippen LogP contribution is -2.22. The van der Waals surface area contributed by atoms with Gasteiger partial charge in [0, 0.05) is 12.1 Å². The lowest BCUT2D eigenvalue weighted by Gasteiger charge is -2.22. The average molecular weight is 345 g/mol. The molecule has 2 aromatic rings. The van der Waals surface area contributed by atoms with Gasteiger partial charge in [-0.15, -0.1) is 0 Å². The minimum absolute atomic E-state index is 0.142. The molecule has 25 heavy (non-hydrogen) atoms. The Morgan fingerprint density at radius 1 is 0.600 bits per heavy atom. The Kier molecular flexibility index (Phi) is 6.53. The van der Waals surface area contributed by atoms with E-state index in [9.17, 15) is 0 Å². The minimum Gasteiger partial charge on any atom is -0.493 e. The van der Waals surface area contributed by atoms with E-state index in [4.69, 9.17) is 18.9 Å². The van der Waals surface area contributed by atoms with Crippen molar-refractivity contribution in [1.82, 2.24) is 5.32 Å². The third-order valence-electron chi connectivity index (χ3n) is 4.32. The van der Waals surface area contributed by atoms with E-state index in [0.29, 0.717) is 0 Å². The smallest absolute Gasteiger partial charge is 0.161 e. The summed E-state index contributed by atoms with van der Waals surface area (Å²) < 4.78 is 21.4. The fourth-order valence-electron chi connectivity index (χ4n) is 2.81. The van der Waals surface area contributed by atoms with Crippen molar-refractivity contribution in [3.05, 3.63) is 47.5 Å². The molecule has 0 amide bonds. The van der Waals surface area contributed by atoms with Gasteiger partial charge in [0.1, 0.15) is 0 Å². The highest BCUT2D eigenvalue weighted by Gasteiger charge is 2.15. The van der Waals surface area contributed by atoms with Crippen molar-refractivity contribution < 1.29 is 18.9 Å². The third kappa shape index (κ3) is 4.37. The first kappa shape index (κ1) is 18.9. The average Bonchev–Trinajstić information content (AvgIpc) is 2.66. The molecule has 0 saturated heterocycles. The number of nitrogens with one attached hydrogen (secondary N) is 1. The van der Waals surface area contributed by atoms with Gasteiger partial charge in [0.05, 0.1) is 28.4 Å². The van der Waals surface area contributed by atoms with Crippen molar-refractivity contribution in [3.63, 3.8) is 0 Å². The maximum atomic E-state index is 5.39. The molecular formula is C20H27NO4. The predicted octanol–water partition coefficient (Wildman–Crippen LogP) is 4.13. The monoisotopic (exact) mass is 345 g/mol. The summed E-state index contributed by atoms with van der Waals surface area (Å²) in [6.07, 6.45) is 0. The van der Waals surface area contributed by atoms with Crippen molar-refractivity contribution in [2.75, 3.05) is 28.4 Å². The number of benzene rings is 2. The van der Waals surface area contributed by atoms with Gasteiger partial charge >= 0.3 is 0 Å². The molecule has 5 heteroatoms. The quantitative estimate of drug-likeness (QED) is 0.779. The highest BCUT2D eigenvalue weighted by molar-refractivity contribution is 5.45. The molecule has 0 aromatic heterocycles. The van der Waals surface area contributed by atoms with Gasteiger partial charge in [0.15, 0.2) is 23.0 Å². The van der Waals surface area contributed by atoms with Crippen molar-refractivity contribution in [2.24, 2.45) is 0 Å². The second-order valence-electron chi connectivity index (χ2n) is 5.84. The van der Waals surface area contributed by atoms with Crippen LogP contribution in [0.1, 0.15) is 37.1 Å². The van der Waals surface area contributed by atoms with E-state index in [1.807, 2.05) is 36.4 Å². The van der Waals surface area contributed by atoms with Crippen LogP contribution in [0, 0.1) is 0 Å². The molecule has 1 N–H and O–H groups in total. The maximum Gasteiger partial charge on any atom is 0.161 e. The molecule has 2 atom stereocenters. The highest BCUT2D eigenvalue weighted by Crippen LogP contribution is 2.32. The zero-order chi connectivity index (χ0) is 18.4. The lowest BCUT2D eigenvalue weighted by molar-refractivity contribution is 0.352. The Morgan fingerprint density at radius 2 is 0.960 bits per heavy atom. The first-order chi connectivity index (χ1) is 12.0. The van der Waals surface area contributed by atoms with Crippen molar-refractivity contribution in [3.8, 4) is 23.0 Å². The van der Waals surface area contributed by atoms with E-state index < -0.39 is 0 Å². The largest absolute Gasteiger partial charge is 0.493 e. The summed E-state index contributed by atoms with van der Waals surface area (Å²) in [6, 6.07) is 12.2.